The predicted octanol–water partition coefficient (Wildman–Crippen LogP) is 0.398. The lowest BCUT2D eigenvalue weighted by atomic mass is 10.1. The number of H-pyrrole nitrogens is 1. The van der Waals surface area contributed by atoms with Gasteiger partial charge in [-0.2, -0.15) is 9.97 Å². The molecular weight excluding hydrogens is 523 g/mol. The second kappa shape index (κ2) is 10.2. The number of nitrogens with two attached hydrogens (primary N) is 1. The third-order valence-electron chi connectivity index (χ3n) is 4.18. The molecule has 4 N–H and O–H groups in total. The maximum Gasteiger partial charge on any atom is 0.334 e. The van der Waals surface area contributed by atoms with Gasteiger partial charge in [-0.25, -0.2) is 9.59 Å². The average Bonchev–Trinajstić information content (AvgIpc) is 3.08. The Balaban J connectivity index is 1.79. The summed E-state index contributed by atoms with van der Waals surface area (Å²) in [6, 6.07) is 6.59. The van der Waals surface area contributed by atoms with Crippen LogP contribution in [0, 0.1) is 0 Å². The molecule has 1 aromatic carbocycles. The number of carbonyl (C=O) groups excluding carboxylic acids is 2. The van der Waals surface area contributed by atoms with Crippen molar-refractivity contribution in [3.8, 4) is 6.01 Å². The highest BCUT2D eigenvalue weighted by Gasteiger charge is 2.15. The number of nitrogen functional groups attached to an aromatic ring is 1. The molecule has 3 rings (SSSR count). The summed E-state index contributed by atoms with van der Waals surface area (Å²) >= 11 is 1.45. The number of carbonyl (C=O) groups is 2. The van der Waals surface area contributed by atoms with Gasteiger partial charge >= 0.3 is 17.7 Å². The number of benzene rings is 1. The Bertz CT molecular complexity index is 1140. The van der Waals surface area contributed by atoms with Gasteiger partial charge in [-0.1, -0.05) is 12.1 Å². The van der Waals surface area contributed by atoms with Gasteiger partial charge in [0.15, 0.2) is 34.5 Å². The molecule has 164 valence electrons. The largest absolute Gasteiger partial charge is 0.461 e. The molecule has 0 fully saturated rings. The molecule has 31 heavy (non-hydrogen) atoms. The summed E-state index contributed by atoms with van der Waals surface area (Å²) in [5.41, 5.74) is 7.22. The van der Waals surface area contributed by atoms with Gasteiger partial charge in [0.05, 0.1) is 13.2 Å². The van der Waals surface area contributed by atoms with Gasteiger partial charge in [0.1, 0.15) is 18.7 Å². The van der Waals surface area contributed by atoms with Crippen molar-refractivity contribution in [3.63, 3.8) is 0 Å². The van der Waals surface area contributed by atoms with Crippen molar-refractivity contribution < 1.29 is 22.1 Å². The standard InChI is InChI=1S/C18H19IN6O6/c1-29-6-7-30-17-23-14(20)13-15(24-17)25(18(28)22-13)9-10-2-4-11(5-3-10)16(27)21-8-12(26)31-19/h2-5H,6-9H2,1H3,(H,21,27)(H,22,28)(H2,20,23,24). The Labute approximate surface area is 189 Å². The number of rotatable bonds is 9. The number of aromatic nitrogens is 4. The quantitative estimate of drug-likeness (QED) is 0.257. The number of hydrogen-bond donors (Lipinski definition) is 3. The molecule has 0 spiro atoms. The third-order valence-corrected chi connectivity index (χ3v) is 4.68. The third kappa shape index (κ3) is 5.49. The highest BCUT2D eigenvalue weighted by molar-refractivity contribution is 14.1. The number of anilines is 1. The average molecular weight is 542 g/mol. The lowest BCUT2D eigenvalue weighted by molar-refractivity contribution is -0.130. The SMILES string of the molecule is COCCOc1nc(N)c2[nH]c(=O)n(Cc3ccc(C(=O)NCC(=O)OI)cc3)c2n1. The number of ether oxygens (including phenoxy) is 2. The normalized spacial score (nSPS) is 10.8. The minimum absolute atomic E-state index is 0.0341. The fraction of sp³-hybridized carbons (Fsp3) is 0.278. The molecule has 0 aliphatic heterocycles. The Hall–Kier alpha value is -3.20. The summed E-state index contributed by atoms with van der Waals surface area (Å²) in [4.78, 5) is 46.6. The Morgan fingerprint density at radius 1 is 1.23 bits per heavy atom. The number of methoxy groups -OCH3 is 1. The number of fused-ring (bicyclic) bond motifs is 1. The number of halogens is 1. The van der Waals surface area contributed by atoms with Crippen LogP contribution in [0.15, 0.2) is 29.1 Å². The van der Waals surface area contributed by atoms with Crippen LogP contribution in [0.4, 0.5) is 5.82 Å². The van der Waals surface area contributed by atoms with Gasteiger partial charge in [0.2, 0.25) is 0 Å². The van der Waals surface area contributed by atoms with Crippen LogP contribution in [0.1, 0.15) is 15.9 Å². The fourth-order valence-electron chi connectivity index (χ4n) is 2.68. The van der Waals surface area contributed by atoms with Gasteiger partial charge in [-0.05, 0) is 17.7 Å². The summed E-state index contributed by atoms with van der Waals surface area (Å²) in [5, 5.41) is 2.45. The van der Waals surface area contributed by atoms with Crippen LogP contribution in [0.5, 0.6) is 6.01 Å². The van der Waals surface area contributed by atoms with Crippen molar-refractivity contribution in [1.82, 2.24) is 24.8 Å². The van der Waals surface area contributed by atoms with Crippen molar-refractivity contribution >= 4 is 51.9 Å². The molecule has 12 nitrogen and oxygen atoms in total. The fourth-order valence-corrected chi connectivity index (χ4v) is 2.84. The first kappa shape index (κ1) is 22.5. The highest BCUT2D eigenvalue weighted by Crippen LogP contribution is 2.18. The number of hydrogen-bond acceptors (Lipinski definition) is 9. The number of amides is 1. The lowest BCUT2D eigenvalue weighted by Crippen LogP contribution is -2.29. The molecule has 0 radical (unpaired) electrons. The van der Waals surface area contributed by atoms with E-state index in [0.29, 0.717) is 23.3 Å². The smallest absolute Gasteiger partial charge is 0.334 e. The van der Waals surface area contributed by atoms with Crippen LogP contribution in [0.3, 0.4) is 0 Å². The summed E-state index contributed by atoms with van der Waals surface area (Å²) in [6.07, 6.45) is 0. The second-order valence-corrected chi connectivity index (χ2v) is 6.72. The molecule has 3 aromatic rings. The number of nitrogens with zero attached hydrogens (tertiary/aromatic N) is 3. The maximum atomic E-state index is 12.4. The molecule has 0 bridgehead atoms. The first-order chi connectivity index (χ1) is 14.9. The summed E-state index contributed by atoms with van der Waals surface area (Å²) in [7, 11) is 1.54. The van der Waals surface area contributed by atoms with Gasteiger partial charge in [0.25, 0.3) is 5.91 Å². The van der Waals surface area contributed by atoms with E-state index in [4.69, 9.17) is 15.2 Å². The van der Waals surface area contributed by atoms with E-state index in [1.165, 1.54) is 27.6 Å². The zero-order valence-corrected chi connectivity index (χ0v) is 18.5. The molecule has 0 atom stereocenters. The number of aromatic amines is 1. The minimum Gasteiger partial charge on any atom is -0.461 e. The Kier molecular flexibility index (Phi) is 7.41. The first-order valence-electron chi connectivity index (χ1n) is 8.99. The zero-order chi connectivity index (χ0) is 22.4. The van der Waals surface area contributed by atoms with E-state index in [0.717, 1.165) is 5.56 Å². The monoisotopic (exact) mass is 542 g/mol. The predicted molar refractivity (Wildman–Crippen MR) is 118 cm³/mol. The molecular formula is C18H19IN6O6. The van der Waals surface area contributed by atoms with Crippen molar-refractivity contribution in [2.45, 2.75) is 6.54 Å². The van der Waals surface area contributed by atoms with Gasteiger partial charge < -0.3 is 28.6 Å². The van der Waals surface area contributed by atoms with Crippen LogP contribution in [0.2, 0.25) is 0 Å². The van der Waals surface area contributed by atoms with Gasteiger partial charge in [-0.3, -0.25) is 9.36 Å². The van der Waals surface area contributed by atoms with Crippen molar-refractivity contribution in [1.29, 1.82) is 0 Å². The van der Waals surface area contributed by atoms with Crippen LogP contribution >= 0.6 is 23.0 Å². The van der Waals surface area contributed by atoms with Crippen LogP contribution in [-0.2, 0) is 19.1 Å². The Morgan fingerprint density at radius 3 is 2.65 bits per heavy atom. The van der Waals surface area contributed by atoms with Gasteiger partial charge in [-0.15, -0.1) is 0 Å². The van der Waals surface area contributed by atoms with E-state index in [1.54, 1.807) is 31.4 Å². The second-order valence-electron chi connectivity index (χ2n) is 6.28. The van der Waals surface area contributed by atoms with Crippen LogP contribution < -0.4 is 21.5 Å². The summed E-state index contributed by atoms with van der Waals surface area (Å²) < 4.78 is 16.2. The lowest BCUT2D eigenvalue weighted by Gasteiger charge is -2.08. The molecule has 1 amide bonds. The Morgan fingerprint density at radius 2 is 1.97 bits per heavy atom. The van der Waals surface area contributed by atoms with Gasteiger partial charge in [0, 0.05) is 12.7 Å². The van der Waals surface area contributed by atoms with E-state index in [1.807, 2.05) is 0 Å². The van der Waals surface area contributed by atoms with Crippen molar-refractivity contribution in [3.05, 3.63) is 45.9 Å². The minimum atomic E-state index is -0.559. The van der Waals surface area contributed by atoms with E-state index in [9.17, 15) is 14.4 Å². The van der Waals surface area contributed by atoms with Crippen LogP contribution in [-0.4, -0.2) is 58.3 Å². The summed E-state index contributed by atoms with van der Waals surface area (Å²) in [5.74, 6) is -0.891. The van der Waals surface area contributed by atoms with Crippen LogP contribution in [0.25, 0.3) is 11.2 Å². The molecule has 13 heteroatoms. The summed E-state index contributed by atoms with van der Waals surface area (Å²) in [6.45, 7) is 0.523. The van der Waals surface area contributed by atoms with E-state index in [2.05, 4.69) is 23.3 Å². The molecule has 2 aromatic heterocycles. The first-order valence-corrected chi connectivity index (χ1v) is 9.87. The van der Waals surface area contributed by atoms with E-state index >= 15 is 0 Å². The maximum absolute atomic E-state index is 12.4. The molecule has 0 aliphatic rings. The molecule has 0 aliphatic carbocycles. The molecule has 0 saturated carbocycles. The number of nitrogens with one attached hydrogen (secondary N) is 2. The topological polar surface area (TPSA) is 163 Å². The van der Waals surface area contributed by atoms with Crippen molar-refractivity contribution in [2.24, 2.45) is 0 Å². The zero-order valence-electron chi connectivity index (χ0n) is 16.4. The van der Waals surface area contributed by atoms with E-state index < -0.39 is 17.6 Å². The molecule has 0 unspecified atom stereocenters. The van der Waals surface area contributed by atoms with E-state index in [-0.39, 0.29) is 31.5 Å². The van der Waals surface area contributed by atoms with Crippen molar-refractivity contribution in [2.75, 3.05) is 32.6 Å². The highest BCUT2D eigenvalue weighted by atomic mass is 127. The number of imidazole rings is 1. The molecule has 0 saturated heterocycles. The molecule has 2 heterocycles.